The zero-order valence-corrected chi connectivity index (χ0v) is 16.7. The fourth-order valence-electron chi connectivity index (χ4n) is 2.92. The number of benzene rings is 3. The SMILES string of the molecule is COc1ccc(S(=O)(=O)Nc2ccccc2C(=O)Nc2nc3ccccc3[nH]2)cc1. The molecule has 0 fully saturated rings. The minimum absolute atomic E-state index is 0.0517. The van der Waals surface area contributed by atoms with E-state index in [4.69, 9.17) is 4.74 Å². The fourth-order valence-corrected chi connectivity index (χ4v) is 4.00. The Morgan fingerprint density at radius 1 is 0.967 bits per heavy atom. The van der Waals surface area contributed by atoms with Gasteiger partial charge in [-0.05, 0) is 48.5 Å². The van der Waals surface area contributed by atoms with Crippen LogP contribution in [0.25, 0.3) is 11.0 Å². The van der Waals surface area contributed by atoms with Crippen LogP contribution in [-0.4, -0.2) is 31.4 Å². The van der Waals surface area contributed by atoms with E-state index in [0.717, 1.165) is 5.52 Å². The van der Waals surface area contributed by atoms with E-state index in [-0.39, 0.29) is 22.1 Å². The number of sulfonamides is 1. The van der Waals surface area contributed by atoms with Gasteiger partial charge in [0.2, 0.25) is 5.95 Å². The smallest absolute Gasteiger partial charge is 0.261 e. The number of carbonyl (C=O) groups is 1. The number of para-hydroxylation sites is 3. The Morgan fingerprint density at radius 2 is 1.67 bits per heavy atom. The van der Waals surface area contributed by atoms with Crippen LogP contribution in [0.3, 0.4) is 0 Å². The van der Waals surface area contributed by atoms with Crippen molar-refractivity contribution in [2.24, 2.45) is 0 Å². The molecule has 1 aromatic heterocycles. The maximum atomic E-state index is 12.8. The van der Waals surface area contributed by atoms with Crippen molar-refractivity contribution in [2.75, 3.05) is 17.1 Å². The number of hydrogen-bond acceptors (Lipinski definition) is 5. The molecule has 0 aliphatic rings. The summed E-state index contributed by atoms with van der Waals surface area (Å²) in [7, 11) is -2.40. The van der Waals surface area contributed by atoms with Crippen molar-refractivity contribution < 1.29 is 17.9 Å². The number of amides is 1. The number of ether oxygens (including phenoxy) is 1. The molecule has 0 aliphatic carbocycles. The van der Waals surface area contributed by atoms with Gasteiger partial charge >= 0.3 is 0 Å². The number of carbonyl (C=O) groups excluding carboxylic acids is 1. The Bertz CT molecular complexity index is 1280. The summed E-state index contributed by atoms with van der Waals surface area (Å²) >= 11 is 0. The van der Waals surface area contributed by atoms with Crippen LogP contribution in [0.2, 0.25) is 0 Å². The molecule has 8 nitrogen and oxygen atoms in total. The van der Waals surface area contributed by atoms with Crippen LogP contribution in [0.15, 0.2) is 77.7 Å². The zero-order valence-electron chi connectivity index (χ0n) is 15.9. The van der Waals surface area contributed by atoms with Crippen LogP contribution in [-0.2, 0) is 10.0 Å². The monoisotopic (exact) mass is 422 g/mol. The highest BCUT2D eigenvalue weighted by molar-refractivity contribution is 7.92. The average Bonchev–Trinajstić information content (AvgIpc) is 3.16. The number of rotatable bonds is 6. The van der Waals surface area contributed by atoms with Crippen molar-refractivity contribution in [1.82, 2.24) is 9.97 Å². The van der Waals surface area contributed by atoms with E-state index >= 15 is 0 Å². The molecule has 0 bridgehead atoms. The predicted octanol–water partition coefficient (Wildman–Crippen LogP) is 3.62. The van der Waals surface area contributed by atoms with Gasteiger partial charge in [-0.3, -0.25) is 14.8 Å². The van der Waals surface area contributed by atoms with E-state index < -0.39 is 15.9 Å². The van der Waals surface area contributed by atoms with Gasteiger partial charge in [0.05, 0.1) is 34.3 Å². The number of aromatic amines is 1. The predicted molar refractivity (Wildman–Crippen MR) is 114 cm³/mol. The molecular weight excluding hydrogens is 404 g/mol. The highest BCUT2D eigenvalue weighted by Crippen LogP contribution is 2.23. The molecule has 152 valence electrons. The van der Waals surface area contributed by atoms with E-state index in [1.165, 1.54) is 31.4 Å². The highest BCUT2D eigenvalue weighted by Gasteiger charge is 2.19. The Hall–Kier alpha value is -3.85. The summed E-state index contributed by atoms with van der Waals surface area (Å²) in [5, 5.41) is 2.67. The number of hydrogen-bond donors (Lipinski definition) is 3. The molecule has 0 saturated heterocycles. The first-order valence-electron chi connectivity index (χ1n) is 8.98. The lowest BCUT2D eigenvalue weighted by Crippen LogP contribution is -2.19. The van der Waals surface area contributed by atoms with E-state index in [0.29, 0.717) is 11.3 Å². The lowest BCUT2D eigenvalue weighted by atomic mass is 10.2. The maximum absolute atomic E-state index is 12.8. The number of H-pyrrole nitrogens is 1. The van der Waals surface area contributed by atoms with Gasteiger partial charge < -0.3 is 9.72 Å². The van der Waals surface area contributed by atoms with Gasteiger partial charge in [0.15, 0.2) is 0 Å². The molecule has 1 heterocycles. The first-order chi connectivity index (χ1) is 14.5. The summed E-state index contributed by atoms with van der Waals surface area (Å²) in [4.78, 5) is 20.2. The zero-order chi connectivity index (χ0) is 21.1. The Morgan fingerprint density at radius 3 is 2.40 bits per heavy atom. The molecule has 0 saturated carbocycles. The topological polar surface area (TPSA) is 113 Å². The second-order valence-electron chi connectivity index (χ2n) is 6.38. The molecule has 0 unspecified atom stereocenters. The molecule has 1 amide bonds. The van der Waals surface area contributed by atoms with E-state index in [2.05, 4.69) is 20.0 Å². The maximum Gasteiger partial charge on any atom is 0.261 e. The van der Waals surface area contributed by atoms with Gasteiger partial charge in [-0.1, -0.05) is 24.3 Å². The number of aromatic nitrogens is 2. The van der Waals surface area contributed by atoms with Crippen LogP contribution >= 0.6 is 0 Å². The van der Waals surface area contributed by atoms with E-state index in [9.17, 15) is 13.2 Å². The summed E-state index contributed by atoms with van der Waals surface area (Å²) in [5.74, 6) is 0.315. The number of nitrogens with one attached hydrogen (secondary N) is 3. The first kappa shape index (κ1) is 19.5. The van der Waals surface area contributed by atoms with Crippen LogP contribution in [0.1, 0.15) is 10.4 Å². The Labute approximate surface area is 173 Å². The van der Waals surface area contributed by atoms with Gasteiger partial charge in [-0.15, -0.1) is 0 Å². The average molecular weight is 422 g/mol. The molecular formula is C21H18N4O4S. The fraction of sp³-hybridized carbons (Fsp3) is 0.0476. The number of nitrogens with zero attached hydrogens (tertiary/aromatic N) is 1. The van der Waals surface area contributed by atoms with Crippen LogP contribution in [0.5, 0.6) is 5.75 Å². The van der Waals surface area contributed by atoms with Crippen LogP contribution in [0, 0.1) is 0 Å². The Kier molecular flexibility index (Phi) is 5.11. The standard InChI is InChI=1S/C21H18N4O4S/c1-29-14-10-12-15(13-11-14)30(27,28)25-17-7-3-2-6-16(17)20(26)24-21-22-18-8-4-5-9-19(18)23-21/h2-13,25H,1H3,(H2,22,23,24,26). The van der Waals surface area contributed by atoms with Crippen LogP contribution < -0.4 is 14.8 Å². The van der Waals surface area contributed by atoms with Gasteiger partial charge in [-0.25, -0.2) is 13.4 Å². The molecule has 3 N–H and O–H groups in total. The van der Waals surface area contributed by atoms with Crippen molar-refractivity contribution in [3.63, 3.8) is 0 Å². The third-order valence-corrected chi connectivity index (χ3v) is 5.79. The summed E-state index contributed by atoms with van der Waals surface area (Å²) in [5.41, 5.74) is 1.81. The third kappa shape index (κ3) is 3.96. The number of methoxy groups -OCH3 is 1. The molecule has 9 heteroatoms. The van der Waals surface area contributed by atoms with Gasteiger partial charge in [0, 0.05) is 0 Å². The minimum Gasteiger partial charge on any atom is -0.497 e. The lowest BCUT2D eigenvalue weighted by Gasteiger charge is -2.12. The summed E-state index contributed by atoms with van der Waals surface area (Å²) in [6.45, 7) is 0. The van der Waals surface area contributed by atoms with Gasteiger partial charge in [0.25, 0.3) is 15.9 Å². The Balaban J connectivity index is 1.59. The molecule has 4 aromatic rings. The third-order valence-electron chi connectivity index (χ3n) is 4.41. The molecule has 0 atom stereocenters. The van der Waals surface area contributed by atoms with Crippen molar-refractivity contribution in [1.29, 1.82) is 0 Å². The number of fused-ring (bicyclic) bond motifs is 1. The molecule has 3 aromatic carbocycles. The first-order valence-corrected chi connectivity index (χ1v) is 10.5. The molecule has 0 spiro atoms. The second-order valence-corrected chi connectivity index (χ2v) is 8.07. The van der Waals surface area contributed by atoms with Crippen molar-refractivity contribution in [3.8, 4) is 5.75 Å². The second kappa shape index (κ2) is 7.88. The van der Waals surface area contributed by atoms with Crippen LogP contribution in [0.4, 0.5) is 11.6 Å². The summed E-state index contributed by atoms with van der Waals surface area (Å²) in [6.07, 6.45) is 0. The van der Waals surface area contributed by atoms with Gasteiger partial charge in [0.1, 0.15) is 5.75 Å². The normalized spacial score (nSPS) is 11.2. The summed E-state index contributed by atoms with van der Waals surface area (Å²) in [6, 6.07) is 19.7. The minimum atomic E-state index is -3.90. The lowest BCUT2D eigenvalue weighted by molar-refractivity contribution is 0.102. The van der Waals surface area contributed by atoms with Crippen molar-refractivity contribution in [2.45, 2.75) is 4.90 Å². The molecule has 0 radical (unpaired) electrons. The van der Waals surface area contributed by atoms with Gasteiger partial charge in [-0.2, -0.15) is 0 Å². The number of anilines is 2. The molecule has 0 aliphatic heterocycles. The number of imidazole rings is 1. The van der Waals surface area contributed by atoms with Crippen molar-refractivity contribution in [3.05, 3.63) is 78.4 Å². The van der Waals surface area contributed by atoms with E-state index in [1.54, 1.807) is 24.3 Å². The van der Waals surface area contributed by atoms with E-state index in [1.807, 2.05) is 24.3 Å². The summed E-state index contributed by atoms with van der Waals surface area (Å²) < 4.78 is 33.0. The van der Waals surface area contributed by atoms with Crippen molar-refractivity contribution >= 4 is 38.6 Å². The molecule has 4 rings (SSSR count). The quantitative estimate of drug-likeness (QED) is 0.439. The largest absolute Gasteiger partial charge is 0.497 e. The highest BCUT2D eigenvalue weighted by atomic mass is 32.2. The molecule has 30 heavy (non-hydrogen) atoms.